The van der Waals surface area contributed by atoms with Crippen LogP contribution in [0, 0.1) is 0 Å². The van der Waals surface area contributed by atoms with Gasteiger partial charge < -0.3 is 82.8 Å². The zero-order valence-electron chi connectivity index (χ0n) is 46.7. The first-order chi connectivity index (χ1) is 41.0. The highest BCUT2D eigenvalue weighted by molar-refractivity contribution is 5.71. The van der Waals surface area contributed by atoms with Gasteiger partial charge in [-0.05, 0) is 47.0 Å². The number of rotatable bonds is 23. The van der Waals surface area contributed by atoms with Crippen LogP contribution in [0.25, 0.3) is 20.9 Å². The van der Waals surface area contributed by atoms with Crippen LogP contribution in [0.4, 0.5) is 14.4 Å². The molecule has 456 valence electrons. The first-order valence-electron chi connectivity index (χ1n) is 27.3. The SMILES string of the molecule is CC(=O)OC[C@H]1O[C@@H](O[C@@H]2[C@H]3OC(=O)N[C@@H]3C[C@H](NC(=O)OCc3ccccc3)[C@H]2O[C@H]2O[C@H](CN(Cc3ccccc3)C(=O)OCc3ccccc3)CC[C@H]2N)[C@H](OC(C)=O)[C@@H]1O[C@H]1O[C@@H](CN=[N+]=[N-])[C@@H](OC(C)=O)[C@H](OC(C)=O)[C@H]1N=[N+]=[N-]. The Labute approximate surface area is 486 Å². The number of carbonyl (C=O) groups excluding carboxylic acids is 7. The summed E-state index contributed by atoms with van der Waals surface area (Å²) in [6.07, 6.45) is -21.1. The predicted molar refractivity (Wildman–Crippen MR) is 287 cm³/mol. The van der Waals surface area contributed by atoms with E-state index in [-0.39, 0.29) is 32.7 Å². The molecule has 0 bridgehead atoms. The average Bonchev–Trinajstić information content (AvgIpc) is 2.38. The van der Waals surface area contributed by atoms with Gasteiger partial charge in [-0.2, -0.15) is 0 Å². The van der Waals surface area contributed by atoms with Crippen LogP contribution in [-0.4, -0.2) is 171 Å². The van der Waals surface area contributed by atoms with Crippen LogP contribution in [-0.2, 0) is 101 Å². The average molecular weight is 1190 g/mol. The second-order valence-corrected chi connectivity index (χ2v) is 20.5. The number of fused-ring (bicyclic) bond motifs is 1. The monoisotopic (exact) mass is 1190 g/mol. The second kappa shape index (κ2) is 30.0. The maximum absolute atomic E-state index is 13.9. The Morgan fingerprint density at radius 1 is 0.659 bits per heavy atom. The largest absolute Gasteiger partial charge is 0.463 e. The van der Waals surface area contributed by atoms with Gasteiger partial charge in [0, 0.05) is 44.1 Å². The molecule has 3 aromatic carbocycles. The summed E-state index contributed by atoms with van der Waals surface area (Å²) < 4.78 is 79.1. The van der Waals surface area contributed by atoms with Crippen molar-refractivity contribution in [3.05, 3.63) is 129 Å². The zero-order valence-corrected chi connectivity index (χ0v) is 46.7. The number of esters is 4. The highest BCUT2D eigenvalue weighted by Crippen LogP contribution is 2.40. The number of amides is 3. The van der Waals surface area contributed by atoms with Crippen LogP contribution in [0.5, 0.6) is 0 Å². The summed E-state index contributed by atoms with van der Waals surface area (Å²) in [5.41, 5.74) is 28.2. The van der Waals surface area contributed by atoms with Gasteiger partial charge in [-0.15, -0.1) is 0 Å². The fourth-order valence-corrected chi connectivity index (χ4v) is 10.6. The first-order valence-corrected chi connectivity index (χ1v) is 27.3. The van der Waals surface area contributed by atoms with Crippen LogP contribution in [0.1, 0.15) is 63.6 Å². The maximum Gasteiger partial charge on any atom is 0.410 e. The summed E-state index contributed by atoms with van der Waals surface area (Å²) in [6, 6.07) is 22.7. The molecular formula is C55H66N10O20. The number of ether oxygens (including phenoxy) is 13. The van der Waals surface area contributed by atoms with Gasteiger partial charge in [-0.1, -0.05) is 101 Å². The van der Waals surface area contributed by atoms with E-state index in [1.807, 2.05) is 60.7 Å². The van der Waals surface area contributed by atoms with Crippen molar-refractivity contribution in [3.8, 4) is 0 Å². The molecule has 4 heterocycles. The summed E-state index contributed by atoms with van der Waals surface area (Å²) in [7, 11) is 0. The molecule has 4 aliphatic heterocycles. The van der Waals surface area contributed by atoms with Crippen molar-refractivity contribution >= 4 is 42.2 Å². The van der Waals surface area contributed by atoms with Gasteiger partial charge >= 0.3 is 42.2 Å². The third-order valence-electron chi connectivity index (χ3n) is 14.2. The van der Waals surface area contributed by atoms with Crippen molar-refractivity contribution in [2.24, 2.45) is 16.0 Å². The number of hydrogen-bond acceptors (Lipinski definition) is 23. The number of nitrogens with two attached hydrogens (primary N) is 1. The van der Waals surface area contributed by atoms with Crippen molar-refractivity contribution in [2.45, 2.75) is 171 Å². The Morgan fingerprint density at radius 2 is 1.25 bits per heavy atom. The smallest absolute Gasteiger partial charge is 0.410 e. The van der Waals surface area contributed by atoms with Crippen molar-refractivity contribution in [2.75, 3.05) is 19.7 Å². The Balaban J connectivity index is 1.13. The van der Waals surface area contributed by atoms with E-state index in [0.717, 1.165) is 38.8 Å². The second-order valence-electron chi connectivity index (χ2n) is 20.5. The van der Waals surface area contributed by atoms with Crippen LogP contribution in [0.3, 0.4) is 0 Å². The van der Waals surface area contributed by atoms with Crippen molar-refractivity contribution in [3.63, 3.8) is 0 Å². The molecule has 5 fully saturated rings. The molecule has 4 N–H and O–H groups in total. The van der Waals surface area contributed by atoms with E-state index < -0.39 is 159 Å². The van der Waals surface area contributed by atoms with Gasteiger partial charge in [0.1, 0.15) is 56.4 Å². The van der Waals surface area contributed by atoms with Gasteiger partial charge in [0.05, 0.1) is 37.3 Å². The molecule has 0 unspecified atom stereocenters. The fourth-order valence-electron chi connectivity index (χ4n) is 10.6. The Bertz CT molecular complexity index is 2890. The van der Waals surface area contributed by atoms with Crippen molar-refractivity contribution in [1.82, 2.24) is 15.5 Å². The summed E-state index contributed by atoms with van der Waals surface area (Å²) in [6.45, 7) is 3.07. The highest BCUT2D eigenvalue weighted by Gasteiger charge is 2.60. The Hall–Kier alpha value is -8.31. The summed E-state index contributed by atoms with van der Waals surface area (Å²) >= 11 is 0. The van der Waals surface area contributed by atoms with Crippen LogP contribution >= 0.6 is 0 Å². The molecule has 8 rings (SSSR count). The highest BCUT2D eigenvalue weighted by atomic mass is 16.8. The molecule has 30 nitrogen and oxygen atoms in total. The lowest BCUT2D eigenvalue weighted by Gasteiger charge is -2.46. The number of nitrogens with zero attached hydrogens (tertiary/aromatic N) is 7. The van der Waals surface area contributed by atoms with E-state index in [4.69, 9.17) is 67.3 Å². The predicted octanol–water partition coefficient (Wildman–Crippen LogP) is 4.79. The molecular weight excluding hydrogens is 1120 g/mol. The fraction of sp³-hybridized carbons (Fsp3) is 0.545. The first kappa shape index (κ1) is 62.7. The van der Waals surface area contributed by atoms with Gasteiger partial charge in [0.25, 0.3) is 0 Å². The van der Waals surface area contributed by atoms with E-state index in [1.54, 1.807) is 30.3 Å². The minimum absolute atomic E-state index is 0.00109. The number of nitrogens with one attached hydrogen (secondary N) is 2. The number of carbonyl (C=O) groups is 7. The summed E-state index contributed by atoms with van der Waals surface area (Å²) in [5, 5.41) is 12.9. The van der Waals surface area contributed by atoms with E-state index in [2.05, 4.69) is 30.7 Å². The molecule has 0 radical (unpaired) electrons. The van der Waals surface area contributed by atoms with E-state index in [1.165, 1.54) is 4.90 Å². The molecule has 17 atom stereocenters. The van der Waals surface area contributed by atoms with Crippen LogP contribution < -0.4 is 16.4 Å². The molecule has 0 aromatic heterocycles. The minimum atomic E-state index is -1.84. The molecule has 30 heteroatoms. The third-order valence-corrected chi connectivity index (χ3v) is 14.2. The molecule has 3 aromatic rings. The minimum Gasteiger partial charge on any atom is -0.463 e. The molecule has 5 aliphatic rings. The van der Waals surface area contributed by atoms with Crippen molar-refractivity contribution < 1.29 is 95.1 Å². The van der Waals surface area contributed by atoms with Gasteiger partial charge in [0.2, 0.25) is 0 Å². The molecule has 85 heavy (non-hydrogen) atoms. The number of benzene rings is 3. The van der Waals surface area contributed by atoms with E-state index >= 15 is 0 Å². The molecule has 1 saturated carbocycles. The normalized spacial score (nSPS) is 30.2. The summed E-state index contributed by atoms with van der Waals surface area (Å²) in [4.78, 5) is 99.0. The van der Waals surface area contributed by atoms with Gasteiger partial charge in [0.15, 0.2) is 43.3 Å². The van der Waals surface area contributed by atoms with E-state index in [0.29, 0.717) is 18.4 Å². The molecule has 0 spiro atoms. The molecule has 3 amide bonds. The standard InChI is InChI=1S/C55H66N10O20/c1-29(66)73-28-41-46(83-51-42(62-64-58)47(77-31(3)68)45(76-30(2)67)40(80-51)23-59-63-57)49(78-32(4)69)52(81-41)84-48-43(38(22-39-44(48)85-54(71)61-39)60-53(70)74-26-34-16-10-6-11-17-34)82-50-37(56)21-20-36(79-50)25-65(24-33-14-8-5-9-15-33)55(72)75-27-35-18-12-7-13-19-35/h5-19,36-52H,20-28,56H2,1-4H3,(H,60,70)(H,61,71)/t36-,37+,38-,39+,40-,41+,42+,43+,44-,45+,46+,47+,48-,49+,50+,51+,52-/m0/s1. The van der Waals surface area contributed by atoms with Crippen molar-refractivity contribution in [1.29, 1.82) is 0 Å². The lowest BCUT2D eigenvalue weighted by molar-refractivity contribution is -0.290. The topological polar surface area (TPSA) is 390 Å². The van der Waals surface area contributed by atoms with Crippen LogP contribution in [0.2, 0.25) is 0 Å². The maximum atomic E-state index is 13.9. The van der Waals surface area contributed by atoms with Gasteiger partial charge in [-0.25, -0.2) is 14.4 Å². The number of azide groups is 2. The Kier molecular flexibility index (Phi) is 22.1. The Morgan fingerprint density at radius 3 is 1.87 bits per heavy atom. The lowest BCUT2D eigenvalue weighted by atomic mass is 9.83. The van der Waals surface area contributed by atoms with Gasteiger partial charge in [-0.3, -0.25) is 19.2 Å². The third kappa shape index (κ3) is 17.2. The summed E-state index contributed by atoms with van der Waals surface area (Å²) in [5.74, 6) is -3.53. The molecule has 1 aliphatic carbocycles. The lowest BCUT2D eigenvalue weighted by Crippen LogP contribution is -2.66. The number of alkyl carbamates (subject to hydrolysis) is 2. The van der Waals surface area contributed by atoms with E-state index in [9.17, 15) is 44.6 Å². The quantitative estimate of drug-likeness (QED) is 0.0378. The van der Waals surface area contributed by atoms with Crippen LogP contribution in [0.15, 0.2) is 101 Å². The molecule has 4 saturated heterocycles. The number of hydrogen-bond donors (Lipinski definition) is 3. The zero-order chi connectivity index (χ0) is 60.6.